The largest absolute Gasteiger partial charge is 0.392 e. The molecule has 0 aliphatic rings. The van der Waals surface area contributed by atoms with E-state index in [1.807, 2.05) is 12.4 Å². The number of azide groups is 2. The van der Waals surface area contributed by atoms with Gasteiger partial charge >= 0.3 is 0 Å². The van der Waals surface area contributed by atoms with Crippen molar-refractivity contribution in [3.05, 3.63) is 104 Å². The number of rotatable bonds is 29. The fourth-order valence-electron chi connectivity index (χ4n) is 6.83. The fourth-order valence-corrected chi connectivity index (χ4v) is 9.97. The number of hydrogen-bond donors (Lipinski definition) is 3. The number of nitrogens with one attached hydrogen (secondary N) is 2. The first-order chi connectivity index (χ1) is 37.4. The molecule has 0 saturated heterocycles. The van der Waals surface area contributed by atoms with Crippen LogP contribution in [0.15, 0.2) is 71.2 Å². The average molecular weight is 1150 g/mol. The number of aliphatic hydroxyl groups excluding tert-OH is 1. The van der Waals surface area contributed by atoms with Gasteiger partial charge in [-0.3, -0.25) is 24.0 Å². The number of hydrogen-bond acceptors (Lipinski definition) is 16. The van der Waals surface area contributed by atoms with Crippen molar-refractivity contribution >= 4 is 79.8 Å². The van der Waals surface area contributed by atoms with Gasteiger partial charge in [-0.1, -0.05) is 135 Å². The van der Waals surface area contributed by atoms with Gasteiger partial charge in [0, 0.05) is 83.3 Å². The van der Waals surface area contributed by atoms with E-state index < -0.39 is 16.3 Å². The third kappa shape index (κ3) is 30.4. The monoisotopic (exact) mass is 1150 g/mol. The van der Waals surface area contributed by atoms with Crippen LogP contribution in [0.2, 0.25) is 0 Å². The second-order valence-electron chi connectivity index (χ2n) is 17.6. The van der Waals surface area contributed by atoms with Crippen LogP contribution in [0.1, 0.15) is 152 Å². The molecule has 428 valence electrons. The summed E-state index contributed by atoms with van der Waals surface area (Å²) in [6.07, 6.45) is 28.3. The second-order valence-corrected chi connectivity index (χ2v) is 21.4. The number of thiocarbonyl (C=S) groups is 1. The number of nitrogens with zero attached hydrogens (tertiary/aromatic N) is 13. The van der Waals surface area contributed by atoms with Crippen LogP contribution in [0.25, 0.3) is 20.9 Å². The summed E-state index contributed by atoms with van der Waals surface area (Å²) < 4.78 is 2.96. The molecule has 21 nitrogen and oxygen atoms in total. The molecule has 0 aliphatic heterocycles. The molecule has 4 rings (SSSR count). The van der Waals surface area contributed by atoms with E-state index in [4.69, 9.17) is 36.1 Å². The Kier molecular flexibility index (Phi) is 39.2. The second kappa shape index (κ2) is 42.2. The van der Waals surface area contributed by atoms with Crippen LogP contribution in [0.3, 0.4) is 0 Å². The maximum Gasteiger partial charge on any atom is 0.236 e. The predicted molar refractivity (Wildman–Crippen MR) is 323 cm³/mol. The summed E-state index contributed by atoms with van der Waals surface area (Å²) >= 11 is 8.02. The van der Waals surface area contributed by atoms with Gasteiger partial charge in [0.2, 0.25) is 11.8 Å². The molecule has 0 fully saturated rings. The lowest BCUT2D eigenvalue weighted by Crippen LogP contribution is -2.47. The fraction of sp³-hybridized carbons (Fsp3) is 0.482. The number of nitriles is 1. The summed E-state index contributed by atoms with van der Waals surface area (Å²) in [7, 11) is 0. The number of unbranched alkanes of at least 4 members (excludes halogenated alkanes) is 1. The van der Waals surface area contributed by atoms with Crippen molar-refractivity contribution in [2.75, 3.05) is 18.8 Å². The standard InChI is InChI=1S/C26H37N3O4S3.C15H10N6O2.C11H18N6.C2H2.2CH4/c1-6-8-10-12-22(32)28-15-16-35-24(34)36-26(5,23(33)29-17-20(3)30)18-25(4,19-27)14-13-21(31)11-9-7-2;16-20-18-12-5-1-10(2-6-12)14(22)9-15(23)11-3-7-13(8-4-11)19-21-17;1-3-5-10-7-16(14-12-10)9-17-8-11(6-4-2)13-15-17;1-2;;/h1-2,20,30H,8-18H2,3-5H3,(H,28,32)(H,29,33);1-8H,9H2;7-8H,3-6,9H2,1-2H3;1-2H;2*1H4. The van der Waals surface area contributed by atoms with E-state index >= 15 is 0 Å². The lowest BCUT2D eigenvalue weighted by atomic mass is 9.77. The third-order valence-electron chi connectivity index (χ3n) is 10.7. The summed E-state index contributed by atoms with van der Waals surface area (Å²) in [6.45, 7) is 10.3. The van der Waals surface area contributed by atoms with E-state index in [1.54, 1.807) is 30.1 Å². The highest BCUT2D eigenvalue weighted by atomic mass is 32.2. The van der Waals surface area contributed by atoms with E-state index in [2.05, 4.69) is 95.9 Å². The molecule has 2 aromatic carbocycles. The molecule has 3 atom stereocenters. The Hall–Kier alpha value is -7.79. The molecular weight excluding hydrogens is 1070 g/mol. The minimum Gasteiger partial charge on any atom is -0.392 e. The molecule has 24 heteroatoms. The van der Waals surface area contributed by atoms with Gasteiger partial charge in [0.05, 0.1) is 52.5 Å². The Morgan fingerprint density at radius 3 is 1.76 bits per heavy atom. The highest BCUT2D eigenvalue weighted by Crippen LogP contribution is 2.42. The molecule has 0 spiro atoms. The van der Waals surface area contributed by atoms with Crippen LogP contribution in [0.4, 0.5) is 11.4 Å². The van der Waals surface area contributed by atoms with Crippen molar-refractivity contribution in [1.29, 1.82) is 5.26 Å². The Bertz CT molecular complexity index is 2700. The normalized spacial score (nSPS) is 11.6. The summed E-state index contributed by atoms with van der Waals surface area (Å²) in [6, 6.07) is 14.3. The van der Waals surface area contributed by atoms with E-state index in [1.165, 1.54) is 72.1 Å². The number of terminal acetylenes is 3. The molecule has 3 N–H and O–H groups in total. The Morgan fingerprint density at radius 1 is 0.825 bits per heavy atom. The van der Waals surface area contributed by atoms with Gasteiger partial charge in [0.15, 0.2) is 11.6 Å². The lowest BCUT2D eigenvalue weighted by molar-refractivity contribution is -0.124. The third-order valence-corrected chi connectivity index (χ3v) is 13.5. The number of amides is 2. The summed E-state index contributed by atoms with van der Waals surface area (Å²) in [5.41, 5.74) is 19.2. The van der Waals surface area contributed by atoms with Gasteiger partial charge < -0.3 is 15.7 Å². The minimum atomic E-state index is -1.11. The van der Waals surface area contributed by atoms with Crippen LogP contribution in [-0.2, 0) is 33.9 Å². The van der Waals surface area contributed by atoms with Crippen LogP contribution in [0, 0.1) is 54.3 Å². The topological polar surface area (TPSA) is 312 Å². The highest BCUT2D eigenvalue weighted by Gasteiger charge is 2.43. The van der Waals surface area contributed by atoms with Gasteiger partial charge in [0.1, 0.15) is 16.0 Å². The van der Waals surface area contributed by atoms with Crippen molar-refractivity contribution < 1.29 is 29.1 Å². The van der Waals surface area contributed by atoms with Crippen LogP contribution >= 0.6 is 35.7 Å². The number of ketones is 3. The van der Waals surface area contributed by atoms with Crippen LogP contribution < -0.4 is 10.6 Å². The number of carbonyl (C=O) groups excluding carboxylic acids is 5. The Labute approximate surface area is 485 Å². The van der Waals surface area contributed by atoms with Crippen molar-refractivity contribution in [2.45, 2.75) is 150 Å². The van der Waals surface area contributed by atoms with E-state index in [0.717, 1.165) is 37.1 Å². The number of benzene rings is 2. The molecule has 0 radical (unpaired) electrons. The van der Waals surface area contributed by atoms with Crippen LogP contribution in [-0.4, -0.2) is 97.5 Å². The number of thioether (sulfide) groups is 2. The number of aliphatic hydroxyl groups is 1. The van der Waals surface area contributed by atoms with Crippen LogP contribution in [0.5, 0.6) is 0 Å². The van der Waals surface area contributed by atoms with Gasteiger partial charge in [-0.05, 0) is 63.9 Å². The maximum atomic E-state index is 13.1. The number of aryl methyl sites for hydroxylation is 2. The summed E-state index contributed by atoms with van der Waals surface area (Å²) in [5.74, 6) is 4.35. The highest BCUT2D eigenvalue weighted by molar-refractivity contribution is 8.47. The van der Waals surface area contributed by atoms with E-state index in [0.29, 0.717) is 77.1 Å². The minimum absolute atomic E-state index is 0. The predicted octanol–water partition coefficient (Wildman–Crippen LogP) is 11.4. The van der Waals surface area contributed by atoms with E-state index in [-0.39, 0.29) is 76.2 Å². The van der Waals surface area contributed by atoms with E-state index in [9.17, 15) is 34.3 Å². The molecule has 2 amide bonds. The Morgan fingerprint density at radius 2 is 1.32 bits per heavy atom. The number of aromatic nitrogens is 6. The lowest BCUT2D eigenvalue weighted by Gasteiger charge is -2.34. The van der Waals surface area contributed by atoms with Crippen molar-refractivity contribution in [2.24, 2.45) is 15.6 Å². The molecule has 0 aliphatic carbocycles. The van der Waals surface area contributed by atoms with Crippen molar-refractivity contribution in [3.8, 4) is 43.6 Å². The molecule has 3 unspecified atom stereocenters. The quantitative estimate of drug-likeness (QED) is 0.00665. The summed E-state index contributed by atoms with van der Waals surface area (Å²) in [4.78, 5) is 66.5. The zero-order valence-electron chi connectivity index (χ0n) is 44.7. The molecule has 2 heterocycles. The van der Waals surface area contributed by atoms with Gasteiger partial charge in [-0.15, -0.1) is 59.5 Å². The first-order valence-electron chi connectivity index (χ1n) is 24.7. The molecule has 0 saturated carbocycles. The zero-order valence-corrected chi connectivity index (χ0v) is 47.2. The molecule has 2 aromatic heterocycles. The molecule has 4 aromatic rings. The van der Waals surface area contributed by atoms with Gasteiger partial charge in [-0.2, -0.15) is 5.26 Å². The summed E-state index contributed by atoms with van der Waals surface area (Å²) in [5, 5.41) is 48.2. The average Bonchev–Trinajstić information content (AvgIpc) is 4.08. The van der Waals surface area contributed by atoms with Crippen molar-refractivity contribution in [1.82, 2.24) is 40.6 Å². The number of Topliss-reactive ketones (excluding diaryl/α,β-unsaturated/α-hetero) is 3. The number of carbonyl (C=O) groups is 5. The molecule has 0 bridgehead atoms. The van der Waals surface area contributed by atoms with Gasteiger partial charge in [-0.25, -0.2) is 9.36 Å². The SMILES string of the molecule is C.C.C#C.C#CCCCC(=O)NCCSC(=S)SC(C)(CC(C)(C#N)CCC(=O)CCC#C)C(=O)NCC(C)O.CCCc1cn(Cn2cc(CCC)nn2)nn1.[N-]=[N+]=Nc1ccc(C(=O)CC(=O)c2ccc(N=[N+]=[N-])cc2)cc1. The first kappa shape index (κ1) is 74.3. The maximum absolute atomic E-state index is 13.1. The van der Waals surface area contributed by atoms with Crippen molar-refractivity contribution in [3.63, 3.8) is 0 Å². The van der Waals surface area contributed by atoms with Gasteiger partial charge in [0.25, 0.3) is 0 Å². The first-order valence-corrected chi connectivity index (χ1v) is 26.9. The molecule has 80 heavy (non-hydrogen) atoms. The smallest absolute Gasteiger partial charge is 0.236 e. The zero-order chi connectivity index (χ0) is 58.4. The molecular formula is C56H75N15O6S3. The Balaban J connectivity index is 0.